The number of fused-ring (bicyclic) bond motifs is 4. The van der Waals surface area contributed by atoms with Gasteiger partial charge in [-0.1, -0.05) is 25.0 Å². The zero-order valence-electron chi connectivity index (χ0n) is 13.2. The summed E-state index contributed by atoms with van der Waals surface area (Å²) in [5, 5.41) is 6.10. The average Bonchev–Trinajstić information content (AvgIpc) is 3.06. The van der Waals surface area contributed by atoms with E-state index in [0.29, 0.717) is 17.5 Å². The van der Waals surface area contributed by atoms with Crippen molar-refractivity contribution in [2.45, 2.75) is 38.3 Å². The third kappa shape index (κ3) is 1.92. The smallest absolute Gasteiger partial charge is 0.124 e. The molecule has 0 bridgehead atoms. The highest BCUT2D eigenvalue weighted by molar-refractivity contribution is 6.04. The Kier molecular flexibility index (Phi) is 2.50. The summed E-state index contributed by atoms with van der Waals surface area (Å²) in [7, 11) is 0. The SMILES string of the molecule is C#Cc1ccc2c(ccc3nc([C@@H]4CC[C@@]5(C)CC5N4)[nH]c32)c1. The molecule has 23 heavy (non-hydrogen) atoms. The van der Waals surface area contributed by atoms with Gasteiger partial charge in [0.25, 0.3) is 0 Å². The van der Waals surface area contributed by atoms with E-state index in [1.165, 1.54) is 18.2 Å². The minimum atomic E-state index is 0.350. The van der Waals surface area contributed by atoms with Crippen LogP contribution in [0.5, 0.6) is 0 Å². The Bertz CT molecular complexity index is 978. The van der Waals surface area contributed by atoms with Crippen molar-refractivity contribution < 1.29 is 0 Å². The summed E-state index contributed by atoms with van der Waals surface area (Å²) >= 11 is 0. The van der Waals surface area contributed by atoms with Crippen LogP contribution in [0.2, 0.25) is 0 Å². The van der Waals surface area contributed by atoms with E-state index in [-0.39, 0.29) is 0 Å². The molecule has 2 fully saturated rings. The number of hydrogen-bond donors (Lipinski definition) is 2. The van der Waals surface area contributed by atoms with E-state index in [1.807, 2.05) is 6.07 Å². The lowest BCUT2D eigenvalue weighted by molar-refractivity contribution is 0.318. The first-order chi connectivity index (χ1) is 11.2. The summed E-state index contributed by atoms with van der Waals surface area (Å²) in [6, 6.07) is 11.4. The molecule has 3 atom stereocenters. The van der Waals surface area contributed by atoms with Crippen LogP contribution in [0.3, 0.4) is 0 Å². The number of hydrogen-bond acceptors (Lipinski definition) is 2. The first-order valence-electron chi connectivity index (χ1n) is 8.31. The third-order valence-corrected chi connectivity index (χ3v) is 5.75. The molecule has 2 heterocycles. The number of nitrogens with zero attached hydrogens (tertiary/aromatic N) is 1. The number of aromatic nitrogens is 2. The monoisotopic (exact) mass is 301 g/mol. The summed E-state index contributed by atoms with van der Waals surface area (Å²) in [6.45, 7) is 2.39. The zero-order valence-corrected chi connectivity index (χ0v) is 13.2. The Morgan fingerprint density at radius 3 is 3.04 bits per heavy atom. The van der Waals surface area contributed by atoms with Crippen molar-refractivity contribution in [1.82, 2.24) is 15.3 Å². The second kappa shape index (κ2) is 4.37. The van der Waals surface area contributed by atoms with Gasteiger partial charge in [-0.05, 0) is 48.3 Å². The molecule has 3 heteroatoms. The lowest BCUT2D eigenvalue weighted by atomic mass is 9.94. The minimum absolute atomic E-state index is 0.350. The molecule has 2 N–H and O–H groups in total. The Labute approximate surface area is 135 Å². The Morgan fingerprint density at radius 1 is 1.30 bits per heavy atom. The molecule has 0 amide bonds. The molecule has 1 aromatic heterocycles. The number of piperidine rings is 1. The number of benzene rings is 2. The van der Waals surface area contributed by atoms with Crippen LogP contribution in [0.25, 0.3) is 21.8 Å². The number of imidazole rings is 1. The molecule has 0 spiro atoms. The van der Waals surface area contributed by atoms with Crippen molar-refractivity contribution in [2.24, 2.45) is 5.41 Å². The normalized spacial score (nSPS) is 29.4. The molecule has 0 radical (unpaired) electrons. The number of H-pyrrole nitrogens is 1. The lowest BCUT2D eigenvalue weighted by Gasteiger charge is -2.25. The van der Waals surface area contributed by atoms with Crippen LogP contribution >= 0.6 is 0 Å². The molecular weight excluding hydrogens is 282 g/mol. The highest BCUT2D eigenvalue weighted by Crippen LogP contribution is 2.54. The molecule has 1 saturated heterocycles. The predicted molar refractivity (Wildman–Crippen MR) is 93.2 cm³/mol. The molecule has 114 valence electrons. The minimum Gasteiger partial charge on any atom is -0.340 e. The fourth-order valence-corrected chi connectivity index (χ4v) is 4.04. The van der Waals surface area contributed by atoms with E-state index in [9.17, 15) is 0 Å². The number of nitrogens with one attached hydrogen (secondary N) is 2. The van der Waals surface area contributed by atoms with Crippen molar-refractivity contribution in [3.05, 3.63) is 41.7 Å². The van der Waals surface area contributed by atoms with Crippen molar-refractivity contribution in [3.8, 4) is 12.3 Å². The summed E-state index contributed by atoms with van der Waals surface area (Å²) in [5.74, 6) is 3.77. The van der Waals surface area contributed by atoms with Gasteiger partial charge in [-0.15, -0.1) is 6.42 Å². The van der Waals surface area contributed by atoms with E-state index in [4.69, 9.17) is 11.4 Å². The first-order valence-corrected chi connectivity index (χ1v) is 8.31. The molecule has 3 nitrogen and oxygen atoms in total. The van der Waals surface area contributed by atoms with E-state index >= 15 is 0 Å². The van der Waals surface area contributed by atoms with Crippen LogP contribution in [-0.4, -0.2) is 16.0 Å². The zero-order chi connectivity index (χ0) is 15.6. The van der Waals surface area contributed by atoms with Crippen molar-refractivity contribution in [3.63, 3.8) is 0 Å². The van der Waals surface area contributed by atoms with Gasteiger partial charge < -0.3 is 10.3 Å². The van der Waals surface area contributed by atoms with Gasteiger partial charge in [0.05, 0.1) is 17.1 Å². The molecule has 3 aromatic rings. The van der Waals surface area contributed by atoms with Gasteiger partial charge in [0, 0.05) is 17.0 Å². The maximum absolute atomic E-state index is 5.50. The topological polar surface area (TPSA) is 40.7 Å². The molecule has 2 aromatic carbocycles. The van der Waals surface area contributed by atoms with Gasteiger partial charge >= 0.3 is 0 Å². The average molecular weight is 301 g/mol. The molecule has 2 aliphatic rings. The fourth-order valence-electron chi connectivity index (χ4n) is 4.04. The summed E-state index contributed by atoms with van der Waals surface area (Å²) in [6.07, 6.45) is 9.26. The highest BCUT2D eigenvalue weighted by atomic mass is 15.1. The highest BCUT2D eigenvalue weighted by Gasteiger charge is 2.53. The van der Waals surface area contributed by atoms with Crippen LogP contribution < -0.4 is 5.32 Å². The van der Waals surface area contributed by atoms with Crippen molar-refractivity contribution >= 4 is 21.8 Å². The van der Waals surface area contributed by atoms with Crippen molar-refractivity contribution in [2.75, 3.05) is 0 Å². The van der Waals surface area contributed by atoms with Crippen molar-refractivity contribution in [1.29, 1.82) is 0 Å². The Hall–Kier alpha value is -2.31. The van der Waals surface area contributed by atoms with Gasteiger partial charge in [-0.25, -0.2) is 4.98 Å². The number of aromatic amines is 1. The number of terminal acetylenes is 1. The predicted octanol–water partition coefficient (Wildman–Crippen LogP) is 3.90. The second-order valence-corrected chi connectivity index (χ2v) is 7.33. The molecule has 5 rings (SSSR count). The Morgan fingerprint density at radius 2 is 2.22 bits per heavy atom. The Balaban J connectivity index is 1.59. The van der Waals surface area contributed by atoms with E-state index in [1.54, 1.807) is 0 Å². The summed E-state index contributed by atoms with van der Waals surface area (Å²) in [4.78, 5) is 8.42. The van der Waals surface area contributed by atoms with Gasteiger partial charge in [0.1, 0.15) is 5.82 Å². The summed E-state index contributed by atoms with van der Waals surface area (Å²) < 4.78 is 0. The van der Waals surface area contributed by atoms with E-state index < -0.39 is 0 Å². The maximum Gasteiger partial charge on any atom is 0.124 e. The van der Waals surface area contributed by atoms with E-state index in [2.05, 4.69) is 47.4 Å². The summed E-state index contributed by atoms with van der Waals surface area (Å²) in [5.41, 5.74) is 3.61. The van der Waals surface area contributed by atoms with Gasteiger partial charge in [0.2, 0.25) is 0 Å². The molecular formula is C20H19N3. The van der Waals surface area contributed by atoms with E-state index in [0.717, 1.165) is 34.2 Å². The maximum atomic E-state index is 5.50. The molecule has 1 saturated carbocycles. The fraction of sp³-hybridized carbons (Fsp3) is 0.350. The van der Waals surface area contributed by atoms with Gasteiger partial charge in [0.15, 0.2) is 0 Å². The third-order valence-electron chi connectivity index (χ3n) is 5.75. The number of rotatable bonds is 1. The quantitative estimate of drug-likeness (QED) is 0.669. The molecule has 1 aliphatic carbocycles. The van der Waals surface area contributed by atoms with Crippen LogP contribution in [0.15, 0.2) is 30.3 Å². The molecule has 1 unspecified atom stereocenters. The van der Waals surface area contributed by atoms with Crippen LogP contribution in [0.4, 0.5) is 0 Å². The standard InChI is InChI=1S/C20H19N3/c1-3-12-4-6-14-13(10-12)5-7-15-18(14)23-19(22-15)16-8-9-20(2)11-17(20)21-16/h1,4-7,10,16-17,21H,8-9,11H2,2H3,(H,22,23)/t16-,17?,20-/m0/s1. The molecule has 1 aliphatic heterocycles. The van der Waals surface area contributed by atoms with Crippen LogP contribution in [0, 0.1) is 17.8 Å². The second-order valence-electron chi connectivity index (χ2n) is 7.33. The largest absolute Gasteiger partial charge is 0.340 e. The van der Waals surface area contributed by atoms with Gasteiger partial charge in [-0.3, -0.25) is 0 Å². The lowest BCUT2D eigenvalue weighted by Crippen LogP contribution is -2.32. The van der Waals surface area contributed by atoms with Gasteiger partial charge in [-0.2, -0.15) is 0 Å². The van der Waals surface area contributed by atoms with Crippen LogP contribution in [-0.2, 0) is 0 Å². The first kappa shape index (κ1) is 13.2. The van der Waals surface area contributed by atoms with Crippen LogP contribution in [0.1, 0.15) is 43.6 Å².